The molecular weight excluding hydrogens is 198 g/mol. The Morgan fingerprint density at radius 2 is 2.07 bits per heavy atom. The van der Waals surface area contributed by atoms with Crippen molar-refractivity contribution in [3.05, 3.63) is 10.0 Å². The number of guanidine groups is 1. The number of aromatic nitrogens is 2. The first-order valence-corrected chi connectivity index (χ1v) is 5.23. The summed E-state index contributed by atoms with van der Waals surface area (Å²) >= 11 is 1.58. The van der Waals surface area contributed by atoms with Gasteiger partial charge in [0.05, 0.1) is 6.54 Å². The van der Waals surface area contributed by atoms with Crippen LogP contribution in [0.5, 0.6) is 0 Å². The van der Waals surface area contributed by atoms with Crippen molar-refractivity contribution in [2.75, 3.05) is 14.1 Å². The molecule has 1 rings (SSSR count). The fourth-order valence-corrected chi connectivity index (χ4v) is 1.49. The molecule has 1 heterocycles. The lowest BCUT2D eigenvalue weighted by Gasteiger charge is -2.09. The van der Waals surface area contributed by atoms with Gasteiger partial charge in [-0.15, -0.1) is 10.2 Å². The molecule has 1 aromatic heterocycles. The van der Waals surface area contributed by atoms with Crippen LogP contribution in [0.2, 0.25) is 0 Å². The van der Waals surface area contributed by atoms with E-state index in [0.29, 0.717) is 12.5 Å². The lowest BCUT2D eigenvalue weighted by atomic mass is 10.5. The van der Waals surface area contributed by atoms with Gasteiger partial charge in [0.15, 0.2) is 5.96 Å². The third kappa shape index (κ3) is 2.95. The van der Waals surface area contributed by atoms with Gasteiger partial charge in [-0.2, -0.15) is 0 Å². The van der Waals surface area contributed by atoms with Crippen molar-refractivity contribution < 1.29 is 0 Å². The van der Waals surface area contributed by atoms with Crippen molar-refractivity contribution in [1.29, 1.82) is 0 Å². The Morgan fingerprint density at radius 3 is 2.57 bits per heavy atom. The molecular formula is C8H15N5S. The molecule has 0 aromatic carbocycles. The molecule has 0 bridgehead atoms. The van der Waals surface area contributed by atoms with Crippen LogP contribution in [0.15, 0.2) is 4.99 Å². The van der Waals surface area contributed by atoms with Crippen LogP contribution in [0.4, 0.5) is 0 Å². The maximum atomic E-state index is 5.64. The normalized spacial score (nSPS) is 11.8. The second-order valence-electron chi connectivity index (χ2n) is 3.01. The third-order valence-electron chi connectivity index (χ3n) is 1.65. The van der Waals surface area contributed by atoms with Crippen LogP contribution in [0, 0.1) is 0 Å². The summed E-state index contributed by atoms with van der Waals surface area (Å²) in [6.45, 7) is 2.57. The zero-order valence-corrected chi connectivity index (χ0v) is 9.51. The zero-order valence-electron chi connectivity index (χ0n) is 8.69. The summed E-state index contributed by atoms with van der Waals surface area (Å²) in [4.78, 5) is 5.94. The van der Waals surface area contributed by atoms with Gasteiger partial charge in [0, 0.05) is 14.1 Å². The summed E-state index contributed by atoms with van der Waals surface area (Å²) < 4.78 is 0. The Kier molecular flexibility index (Phi) is 3.82. The van der Waals surface area contributed by atoms with Crippen LogP contribution in [-0.2, 0) is 13.0 Å². The Morgan fingerprint density at radius 1 is 1.43 bits per heavy atom. The Labute approximate surface area is 87.7 Å². The largest absolute Gasteiger partial charge is 0.370 e. The quantitative estimate of drug-likeness (QED) is 0.585. The van der Waals surface area contributed by atoms with Gasteiger partial charge < -0.3 is 10.6 Å². The molecule has 0 spiro atoms. The lowest BCUT2D eigenvalue weighted by molar-refractivity contribution is 0.609. The van der Waals surface area contributed by atoms with Gasteiger partial charge in [0.2, 0.25) is 0 Å². The Bertz CT molecular complexity index is 317. The van der Waals surface area contributed by atoms with E-state index < -0.39 is 0 Å². The van der Waals surface area contributed by atoms with E-state index in [2.05, 4.69) is 22.1 Å². The first kappa shape index (κ1) is 10.9. The van der Waals surface area contributed by atoms with Crippen molar-refractivity contribution in [2.24, 2.45) is 10.7 Å². The highest BCUT2D eigenvalue weighted by Gasteiger charge is 2.01. The maximum Gasteiger partial charge on any atom is 0.191 e. The molecule has 0 saturated heterocycles. The van der Waals surface area contributed by atoms with Crippen LogP contribution in [-0.4, -0.2) is 35.2 Å². The van der Waals surface area contributed by atoms with Gasteiger partial charge in [0.25, 0.3) is 0 Å². The maximum absolute atomic E-state index is 5.64. The van der Waals surface area contributed by atoms with Crippen LogP contribution in [0.3, 0.4) is 0 Å². The fraction of sp³-hybridized carbons (Fsp3) is 0.625. The monoisotopic (exact) mass is 213 g/mol. The first-order valence-electron chi connectivity index (χ1n) is 4.42. The number of hydrogen-bond acceptors (Lipinski definition) is 4. The number of nitrogens with zero attached hydrogens (tertiary/aromatic N) is 4. The van der Waals surface area contributed by atoms with Crippen molar-refractivity contribution in [3.8, 4) is 0 Å². The highest BCUT2D eigenvalue weighted by Crippen LogP contribution is 2.10. The summed E-state index contributed by atoms with van der Waals surface area (Å²) in [5.74, 6) is 0.512. The number of nitrogens with two attached hydrogens (primary N) is 1. The summed E-state index contributed by atoms with van der Waals surface area (Å²) in [6.07, 6.45) is 0.921. The summed E-state index contributed by atoms with van der Waals surface area (Å²) in [5.41, 5.74) is 5.64. The Hall–Kier alpha value is -1.17. The minimum absolute atomic E-state index is 0.512. The third-order valence-corrected chi connectivity index (χ3v) is 2.70. The molecule has 0 aliphatic rings. The van der Waals surface area contributed by atoms with Crippen molar-refractivity contribution in [3.63, 3.8) is 0 Å². The number of aliphatic imine (C=N–C) groups is 1. The van der Waals surface area contributed by atoms with E-state index in [1.165, 1.54) is 0 Å². The molecule has 0 aliphatic heterocycles. The average molecular weight is 213 g/mol. The van der Waals surface area contributed by atoms with Gasteiger partial charge in [0.1, 0.15) is 10.0 Å². The molecule has 0 aliphatic carbocycles. The number of hydrogen-bond donors (Lipinski definition) is 1. The van der Waals surface area contributed by atoms with Gasteiger partial charge in [-0.25, -0.2) is 4.99 Å². The van der Waals surface area contributed by atoms with Crippen LogP contribution < -0.4 is 5.73 Å². The molecule has 0 saturated carbocycles. The smallest absolute Gasteiger partial charge is 0.191 e. The molecule has 0 amide bonds. The summed E-state index contributed by atoms with van der Waals surface area (Å²) in [6, 6.07) is 0. The molecule has 2 N–H and O–H groups in total. The van der Waals surface area contributed by atoms with E-state index in [9.17, 15) is 0 Å². The van der Waals surface area contributed by atoms with Gasteiger partial charge >= 0.3 is 0 Å². The molecule has 0 fully saturated rings. The van der Waals surface area contributed by atoms with Crippen LogP contribution in [0.25, 0.3) is 0 Å². The van der Waals surface area contributed by atoms with E-state index >= 15 is 0 Å². The van der Waals surface area contributed by atoms with Crippen LogP contribution in [0.1, 0.15) is 16.9 Å². The van der Waals surface area contributed by atoms with E-state index in [4.69, 9.17) is 5.73 Å². The number of rotatable bonds is 3. The SMILES string of the molecule is CCc1nnc(CN=C(N)N(C)C)s1. The minimum Gasteiger partial charge on any atom is -0.370 e. The van der Waals surface area contributed by atoms with Crippen molar-refractivity contribution in [1.82, 2.24) is 15.1 Å². The van der Waals surface area contributed by atoms with Gasteiger partial charge in [-0.05, 0) is 6.42 Å². The predicted molar refractivity (Wildman–Crippen MR) is 58.3 cm³/mol. The molecule has 1 aromatic rings. The lowest BCUT2D eigenvalue weighted by Crippen LogP contribution is -2.30. The second-order valence-corrected chi connectivity index (χ2v) is 4.16. The number of aryl methyl sites for hydroxylation is 1. The van der Waals surface area contributed by atoms with E-state index in [1.54, 1.807) is 16.2 Å². The van der Waals surface area contributed by atoms with Gasteiger partial charge in [-0.3, -0.25) is 0 Å². The molecule has 5 nitrogen and oxygen atoms in total. The zero-order chi connectivity index (χ0) is 10.6. The van der Waals surface area contributed by atoms with E-state index in [0.717, 1.165) is 16.4 Å². The predicted octanol–water partition coefficient (Wildman–Crippen LogP) is 0.477. The van der Waals surface area contributed by atoms with E-state index in [-0.39, 0.29) is 0 Å². The first-order chi connectivity index (χ1) is 6.63. The molecule has 0 atom stereocenters. The fourth-order valence-electron chi connectivity index (χ4n) is 0.785. The van der Waals surface area contributed by atoms with Crippen molar-refractivity contribution in [2.45, 2.75) is 19.9 Å². The summed E-state index contributed by atoms with van der Waals surface area (Å²) in [7, 11) is 3.72. The summed E-state index contributed by atoms with van der Waals surface area (Å²) in [5, 5.41) is 9.96. The topological polar surface area (TPSA) is 67.4 Å². The van der Waals surface area contributed by atoms with Crippen molar-refractivity contribution >= 4 is 17.3 Å². The average Bonchev–Trinajstić information content (AvgIpc) is 2.61. The minimum atomic E-state index is 0.512. The Balaban J connectivity index is 2.57. The molecule has 0 radical (unpaired) electrons. The van der Waals surface area contributed by atoms with Gasteiger partial charge in [-0.1, -0.05) is 18.3 Å². The molecule has 14 heavy (non-hydrogen) atoms. The van der Waals surface area contributed by atoms with Crippen LogP contribution >= 0.6 is 11.3 Å². The van der Waals surface area contributed by atoms with E-state index in [1.807, 2.05) is 14.1 Å². The molecule has 0 unspecified atom stereocenters. The molecule has 6 heteroatoms. The highest BCUT2D eigenvalue weighted by atomic mass is 32.1. The second kappa shape index (κ2) is 4.90. The highest BCUT2D eigenvalue weighted by molar-refractivity contribution is 7.11. The standard InChI is InChI=1S/C8H15N5S/c1-4-6-11-12-7(14-6)5-10-8(9)13(2)3/h4-5H2,1-3H3,(H2,9,10). The molecule has 78 valence electrons.